The first-order chi connectivity index (χ1) is 16.8. The molecule has 0 saturated heterocycles. The van der Waals surface area contributed by atoms with Gasteiger partial charge in [0.05, 0.1) is 24.8 Å². The van der Waals surface area contributed by atoms with Gasteiger partial charge in [0.25, 0.3) is 10.0 Å². The number of rotatable bonds is 11. The number of nitrogens with zero attached hydrogens (tertiary/aromatic N) is 1. The van der Waals surface area contributed by atoms with Gasteiger partial charge >= 0.3 is 0 Å². The van der Waals surface area contributed by atoms with Crippen LogP contribution in [0.4, 0.5) is 15.8 Å². The van der Waals surface area contributed by atoms with Gasteiger partial charge in [-0.05, 0) is 36.4 Å². The third kappa shape index (κ3) is 6.10. The average molecular weight is 501 g/mol. The summed E-state index contributed by atoms with van der Waals surface area (Å²) < 4.78 is 58.3. The minimum atomic E-state index is -4.38. The van der Waals surface area contributed by atoms with Gasteiger partial charge in [0.15, 0.2) is 11.5 Å². The fraction of sp³-hybridized carbons (Fsp3) is 0.160. The van der Waals surface area contributed by atoms with Crippen LogP contribution in [0.1, 0.15) is 0 Å². The lowest BCUT2D eigenvalue weighted by atomic mass is 10.3. The van der Waals surface area contributed by atoms with Gasteiger partial charge in [-0.2, -0.15) is 0 Å². The Balaban J connectivity index is 1.95. The van der Waals surface area contributed by atoms with Crippen LogP contribution in [0.3, 0.4) is 0 Å². The smallest absolute Gasteiger partial charge is 0.265 e. The summed E-state index contributed by atoms with van der Waals surface area (Å²) in [6.07, 6.45) is 1.58. The molecule has 0 fully saturated rings. The Labute approximate surface area is 203 Å². The molecule has 3 aromatic carbocycles. The van der Waals surface area contributed by atoms with Crippen molar-refractivity contribution in [3.63, 3.8) is 0 Å². The lowest BCUT2D eigenvalue weighted by Gasteiger charge is -2.25. The number of carbonyl (C=O) groups excluding carboxylic acids is 1. The minimum absolute atomic E-state index is 0.169. The number of halogens is 1. The van der Waals surface area contributed by atoms with Crippen molar-refractivity contribution in [2.45, 2.75) is 4.90 Å². The molecular formula is C25H25FN2O6S. The predicted octanol–water partition coefficient (Wildman–Crippen LogP) is 4.24. The molecule has 0 aromatic heterocycles. The Hall–Kier alpha value is -4.05. The van der Waals surface area contributed by atoms with Gasteiger partial charge < -0.3 is 19.5 Å². The molecule has 10 heteroatoms. The molecule has 0 aliphatic carbocycles. The van der Waals surface area contributed by atoms with E-state index < -0.39 is 28.3 Å². The SMILES string of the molecule is C=CCOc1cccc(NC(=O)CN(c2ccccc2F)S(=O)(=O)c2ccc(OC)c(OC)c2)c1. The van der Waals surface area contributed by atoms with Crippen LogP contribution in [0.15, 0.2) is 84.3 Å². The van der Waals surface area contributed by atoms with Crippen molar-refractivity contribution in [3.8, 4) is 17.2 Å². The van der Waals surface area contributed by atoms with Gasteiger partial charge in [0.2, 0.25) is 5.91 Å². The van der Waals surface area contributed by atoms with Crippen LogP contribution in [0.2, 0.25) is 0 Å². The number of ether oxygens (including phenoxy) is 3. The summed E-state index contributed by atoms with van der Waals surface area (Å²) in [5.41, 5.74) is 0.106. The standard InChI is InChI=1S/C25H25FN2O6S/c1-4-14-34-19-9-7-8-18(15-19)27-25(29)17-28(22-11-6-5-10-21(22)26)35(30,31)20-12-13-23(32-2)24(16-20)33-3/h4-13,15-16H,1,14,17H2,2-3H3,(H,27,29). The van der Waals surface area contributed by atoms with Gasteiger partial charge in [-0.3, -0.25) is 9.10 Å². The first kappa shape index (κ1) is 25.6. The number of carbonyl (C=O) groups is 1. The first-order valence-electron chi connectivity index (χ1n) is 10.4. The molecule has 0 atom stereocenters. The second kappa shape index (κ2) is 11.4. The van der Waals surface area contributed by atoms with Crippen molar-refractivity contribution in [3.05, 3.63) is 85.2 Å². The quantitative estimate of drug-likeness (QED) is 0.396. The van der Waals surface area contributed by atoms with E-state index in [9.17, 15) is 17.6 Å². The summed E-state index contributed by atoms with van der Waals surface area (Å²) in [6.45, 7) is 3.18. The van der Waals surface area contributed by atoms with Gasteiger partial charge in [-0.25, -0.2) is 12.8 Å². The highest BCUT2D eigenvalue weighted by atomic mass is 32.2. The maximum absolute atomic E-state index is 14.7. The molecule has 3 rings (SSSR count). The van der Waals surface area contributed by atoms with Crippen LogP contribution in [0.25, 0.3) is 0 Å². The Morgan fingerprint density at radius 1 is 1.03 bits per heavy atom. The molecule has 8 nitrogen and oxygen atoms in total. The van der Waals surface area contributed by atoms with Gasteiger partial charge in [-0.1, -0.05) is 30.9 Å². The Kier molecular flexibility index (Phi) is 8.32. The van der Waals surface area contributed by atoms with Crippen LogP contribution in [-0.2, 0) is 14.8 Å². The molecule has 0 bridgehead atoms. The zero-order valence-corrected chi connectivity index (χ0v) is 20.0. The van der Waals surface area contributed by atoms with Crippen molar-refractivity contribution in [1.82, 2.24) is 0 Å². The number of anilines is 2. The average Bonchev–Trinajstić information content (AvgIpc) is 2.86. The van der Waals surface area contributed by atoms with Crippen molar-refractivity contribution in [2.24, 2.45) is 0 Å². The third-order valence-corrected chi connectivity index (χ3v) is 6.59. The van der Waals surface area contributed by atoms with E-state index in [4.69, 9.17) is 14.2 Å². The molecule has 0 radical (unpaired) electrons. The molecule has 3 aromatic rings. The highest BCUT2D eigenvalue weighted by Crippen LogP contribution is 2.33. The summed E-state index contributed by atoms with van der Waals surface area (Å²) in [5, 5.41) is 2.62. The zero-order chi connectivity index (χ0) is 25.4. The molecule has 0 unspecified atom stereocenters. The molecule has 0 aliphatic rings. The molecule has 0 saturated carbocycles. The number of amides is 1. The van der Waals surface area contributed by atoms with E-state index in [2.05, 4.69) is 11.9 Å². The van der Waals surface area contributed by atoms with Gasteiger partial charge in [0, 0.05) is 17.8 Å². The van der Waals surface area contributed by atoms with Crippen molar-refractivity contribution in [1.29, 1.82) is 0 Å². The highest BCUT2D eigenvalue weighted by Gasteiger charge is 2.30. The summed E-state index contributed by atoms with van der Waals surface area (Å²) in [4.78, 5) is 12.7. The van der Waals surface area contributed by atoms with Crippen LogP contribution in [0.5, 0.6) is 17.2 Å². The number of methoxy groups -OCH3 is 2. The second-order valence-electron chi connectivity index (χ2n) is 7.16. The third-order valence-electron chi connectivity index (χ3n) is 4.84. The van der Waals surface area contributed by atoms with E-state index in [0.717, 1.165) is 6.07 Å². The largest absolute Gasteiger partial charge is 0.493 e. The van der Waals surface area contributed by atoms with Crippen LogP contribution in [0, 0.1) is 5.82 Å². The topological polar surface area (TPSA) is 94.2 Å². The Morgan fingerprint density at radius 2 is 1.77 bits per heavy atom. The van der Waals surface area contributed by atoms with E-state index in [1.54, 1.807) is 30.3 Å². The summed E-state index contributed by atoms with van der Waals surface area (Å²) in [6, 6.07) is 15.8. The Morgan fingerprint density at radius 3 is 2.46 bits per heavy atom. The molecular weight excluding hydrogens is 475 g/mol. The maximum atomic E-state index is 14.7. The first-order valence-corrected chi connectivity index (χ1v) is 11.9. The molecule has 184 valence electrons. The molecule has 1 amide bonds. The molecule has 0 heterocycles. The minimum Gasteiger partial charge on any atom is -0.493 e. The van der Waals surface area contributed by atoms with E-state index in [0.29, 0.717) is 21.5 Å². The monoisotopic (exact) mass is 500 g/mol. The molecule has 1 N–H and O–H groups in total. The van der Waals surface area contributed by atoms with Crippen LogP contribution < -0.4 is 23.8 Å². The number of benzene rings is 3. The highest BCUT2D eigenvalue weighted by molar-refractivity contribution is 7.92. The maximum Gasteiger partial charge on any atom is 0.265 e. The zero-order valence-electron chi connectivity index (χ0n) is 19.2. The van der Waals surface area contributed by atoms with E-state index in [1.807, 2.05) is 0 Å². The van der Waals surface area contributed by atoms with Crippen LogP contribution >= 0.6 is 0 Å². The Bertz CT molecular complexity index is 1310. The predicted molar refractivity (Wildman–Crippen MR) is 131 cm³/mol. The summed E-state index contributed by atoms with van der Waals surface area (Å²) in [5.74, 6) is -0.503. The molecule has 0 spiro atoms. The van der Waals surface area contributed by atoms with E-state index in [-0.39, 0.29) is 22.9 Å². The number of nitrogens with one attached hydrogen (secondary N) is 1. The number of sulfonamides is 1. The van der Waals surface area contributed by atoms with E-state index >= 15 is 0 Å². The fourth-order valence-corrected chi connectivity index (χ4v) is 4.65. The number of hydrogen-bond acceptors (Lipinski definition) is 6. The number of hydrogen-bond donors (Lipinski definition) is 1. The van der Waals surface area contributed by atoms with Gasteiger partial charge in [0.1, 0.15) is 24.7 Å². The molecule has 35 heavy (non-hydrogen) atoms. The summed E-state index contributed by atoms with van der Waals surface area (Å²) >= 11 is 0. The lowest BCUT2D eigenvalue weighted by Crippen LogP contribution is -2.38. The number of para-hydroxylation sites is 1. The van der Waals surface area contributed by atoms with Crippen molar-refractivity contribution < 1.29 is 31.8 Å². The lowest BCUT2D eigenvalue weighted by molar-refractivity contribution is -0.114. The summed E-state index contributed by atoms with van der Waals surface area (Å²) in [7, 11) is -1.60. The molecule has 0 aliphatic heterocycles. The van der Waals surface area contributed by atoms with Crippen molar-refractivity contribution in [2.75, 3.05) is 37.0 Å². The fourth-order valence-electron chi connectivity index (χ4n) is 3.21. The van der Waals surface area contributed by atoms with Crippen LogP contribution in [-0.4, -0.2) is 41.7 Å². The van der Waals surface area contributed by atoms with Crippen molar-refractivity contribution >= 4 is 27.3 Å². The normalized spacial score (nSPS) is 10.8. The van der Waals surface area contributed by atoms with Gasteiger partial charge in [-0.15, -0.1) is 0 Å². The van der Waals surface area contributed by atoms with E-state index in [1.165, 1.54) is 50.6 Å². The second-order valence-corrected chi connectivity index (χ2v) is 9.02.